The highest BCUT2D eigenvalue weighted by Gasteiger charge is 2.34. The van der Waals surface area contributed by atoms with Crippen molar-refractivity contribution < 1.29 is 9.84 Å². The van der Waals surface area contributed by atoms with Gasteiger partial charge in [-0.3, -0.25) is 4.90 Å². The molecule has 0 aliphatic carbocycles. The first-order valence-corrected chi connectivity index (χ1v) is 7.10. The fraction of sp³-hybridized carbons (Fsp3) is 1.00. The molecular weight excluding hydrogens is 228 g/mol. The minimum absolute atomic E-state index is 0.0504. The molecule has 0 aromatic rings. The Morgan fingerprint density at radius 3 is 2.33 bits per heavy atom. The molecule has 1 fully saturated rings. The number of aliphatic hydroxyl groups is 1. The zero-order valence-corrected chi connectivity index (χ0v) is 12.5. The summed E-state index contributed by atoms with van der Waals surface area (Å²) in [7, 11) is 4.22. The SMILES string of the molecule is CCN(CC1(CO)CCOCC1)C(C)CN(C)C. The van der Waals surface area contributed by atoms with Gasteiger partial charge in [-0.1, -0.05) is 6.92 Å². The van der Waals surface area contributed by atoms with Crippen LogP contribution in [-0.2, 0) is 4.74 Å². The van der Waals surface area contributed by atoms with Crippen molar-refractivity contribution in [2.24, 2.45) is 5.41 Å². The number of ether oxygens (including phenoxy) is 1. The number of likely N-dealkylation sites (N-methyl/N-ethyl adjacent to an activating group) is 2. The van der Waals surface area contributed by atoms with Crippen LogP contribution in [0.15, 0.2) is 0 Å². The van der Waals surface area contributed by atoms with E-state index < -0.39 is 0 Å². The number of hydrogen-bond acceptors (Lipinski definition) is 4. The van der Waals surface area contributed by atoms with Crippen molar-refractivity contribution in [3.63, 3.8) is 0 Å². The molecule has 0 amide bonds. The molecule has 0 aromatic heterocycles. The lowest BCUT2D eigenvalue weighted by Gasteiger charge is -2.42. The molecule has 1 heterocycles. The maximum atomic E-state index is 9.76. The number of hydrogen-bond donors (Lipinski definition) is 1. The van der Waals surface area contributed by atoms with Crippen LogP contribution in [-0.4, -0.2) is 74.5 Å². The van der Waals surface area contributed by atoms with E-state index in [1.54, 1.807) is 0 Å². The fourth-order valence-electron chi connectivity index (χ4n) is 2.82. The van der Waals surface area contributed by atoms with E-state index in [-0.39, 0.29) is 12.0 Å². The van der Waals surface area contributed by atoms with E-state index in [4.69, 9.17) is 4.74 Å². The van der Waals surface area contributed by atoms with Gasteiger partial charge in [0.2, 0.25) is 0 Å². The van der Waals surface area contributed by atoms with Crippen molar-refractivity contribution in [2.45, 2.75) is 32.7 Å². The standard InChI is InChI=1S/C14H30N2O2/c1-5-16(13(2)10-15(3)4)11-14(12-17)6-8-18-9-7-14/h13,17H,5-12H2,1-4H3. The van der Waals surface area contributed by atoms with Gasteiger partial charge in [0.25, 0.3) is 0 Å². The molecule has 0 radical (unpaired) electrons. The van der Waals surface area contributed by atoms with Crippen molar-refractivity contribution in [1.29, 1.82) is 0 Å². The average Bonchev–Trinajstić information content (AvgIpc) is 2.36. The Morgan fingerprint density at radius 2 is 1.89 bits per heavy atom. The lowest BCUT2D eigenvalue weighted by molar-refractivity contribution is -0.0400. The van der Waals surface area contributed by atoms with Crippen LogP contribution < -0.4 is 0 Å². The molecule has 1 aliphatic heterocycles. The topological polar surface area (TPSA) is 35.9 Å². The molecule has 4 heteroatoms. The van der Waals surface area contributed by atoms with Crippen LogP contribution in [0.25, 0.3) is 0 Å². The summed E-state index contributed by atoms with van der Waals surface area (Å²) in [6.45, 7) is 9.42. The van der Waals surface area contributed by atoms with Crippen LogP contribution >= 0.6 is 0 Å². The summed E-state index contributed by atoms with van der Waals surface area (Å²) in [5.41, 5.74) is 0.0504. The maximum absolute atomic E-state index is 9.76. The van der Waals surface area contributed by atoms with Crippen LogP contribution in [0.2, 0.25) is 0 Å². The second kappa shape index (κ2) is 7.43. The fourth-order valence-corrected chi connectivity index (χ4v) is 2.82. The highest BCUT2D eigenvalue weighted by molar-refractivity contribution is 4.86. The third-order valence-corrected chi connectivity index (χ3v) is 4.09. The van der Waals surface area contributed by atoms with Gasteiger partial charge in [-0.15, -0.1) is 0 Å². The molecular formula is C14H30N2O2. The zero-order chi connectivity index (χ0) is 13.6. The van der Waals surface area contributed by atoms with Gasteiger partial charge in [0.15, 0.2) is 0 Å². The highest BCUT2D eigenvalue weighted by Crippen LogP contribution is 2.31. The third kappa shape index (κ3) is 4.50. The first kappa shape index (κ1) is 15.9. The van der Waals surface area contributed by atoms with Crippen molar-refractivity contribution in [3.05, 3.63) is 0 Å². The molecule has 108 valence electrons. The molecule has 0 saturated carbocycles. The molecule has 4 nitrogen and oxygen atoms in total. The van der Waals surface area contributed by atoms with Gasteiger partial charge in [0.05, 0.1) is 6.61 Å². The van der Waals surface area contributed by atoms with Crippen LogP contribution in [0.5, 0.6) is 0 Å². The Labute approximate surface area is 112 Å². The summed E-state index contributed by atoms with van der Waals surface area (Å²) in [6, 6.07) is 0.524. The molecule has 0 aromatic carbocycles. The van der Waals surface area contributed by atoms with E-state index in [2.05, 4.69) is 37.7 Å². The van der Waals surface area contributed by atoms with Gasteiger partial charge in [0.1, 0.15) is 0 Å². The minimum atomic E-state index is 0.0504. The smallest absolute Gasteiger partial charge is 0.0501 e. The normalized spacial score (nSPS) is 21.5. The Morgan fingerprint density at radius 1 is 1.28 bits per heavy atom. The molecule has 1 N–H and O–H groups in total. The number of aliphatic hydroxyl groups excluding tert-OH is 1. The van der Waals surface area contributed by atoms with Crippen molar-refractivity contribution in [2.75, 3.05) is 53.6 Å². The average molecular weight is 258 g/mol. The zero-order valence-electron chi connectivity index (χ0n) is 12.5. The number of rotatable bonds is 7. The second-order valence-corrected chi connectivity index (χ2v) is 5.94. The largest absolute Gasteiger partial charge is 0.396 e. The quantitative estimate of drug-likeness (QED) is 0.740. The first-order chi connectivity index (χ1) is 8.53. The molecule has 0 spiro atoms. The molecule has 1 unspecified atom stereocenters. The number of nitrogens with zero attached hydrogens (tertiary/aromatic N) is 2. The van der Waals surface area contributed by atoms with E-state index in [1.165, 1.54) is 0 Å². The summed E-state index contributed by atoms with van der Waals surface area (Å²) < 4.78 is 5.43. The summed E-state index contributed by atoms with van der Waals surface area (Å²) in [6.07, 6.45) is 1.96. The van der Waals surface area contributed by atoms with Crippen molar-refractivity contribution in [3.8, 4) is 0 Å². The molecule has 0 bridgehead atoms. The van der Waals surface area contributed by atoms with E-state index in [1.807, 2.05) is 0 Å². The predicted molar refractivity (Wildman–Crippen MR) is 74.8 cm³/mol. The van der Waals surface area contributed by atoms with Gasteiger partial charge >= 0.3 is 0 Å². The van der Waals surface area contributed by atoms with Gasteiger partial charge in [-0.2, -0.15) is 0 Å². The lowest BCUT2D eigenvalue weighted by Crippen LogP contribution is -2.49. The highest BCUT2D eigenvalue weighted by atomic mass is 16.5. The summed E-state index contributed by atoms with van der Waals surface area (Å²) in [5.74, 6) is 0. The van der Waals surface area contributed by atoms with E-state index in [0.717, 1.165) is 45.7 Å². The van der Waals surface area contributed by atoms with Gasteiger partial charge in [-0.05, 0) is 40.4 Å². The Bertz CT molecular complexity index is 228. The summed E-state index contributed by atoms with van der Waals surface area (Å²) in [5, 5.41) is 9.76. The van der Waals surface area contributed by atoms with Crippen molar-refractivity contribution in [1.82, 2.24) is 9.80 Å². The monoisotopic (exact) mass is 258 g/mol. The van der Waals surface area contributed by atoms with Gasteiger partial charge in [-0.25, -0.2) is 0 Å². The Hall–Kier alpha value is -0.160. The summed E-state index contributed by atoms with van der Waals surface area (Å²) in [4.78, 5) is 4.71. The molecule has 1 aliphatic rings. The van der Waals surface area contributed by atoms with E-state index >= 15 is 0 Å². The molecule has 1 atom stereocenters. The van der Waals surface area contributed by atoms with E-state index in [0.29, 0.717) is 6.04 Å². The second-order valence-electron chi connectivity index (χ2n) is 5.94. The predicted octanol–water partition coefficient (Wildman–Crippen LogP) is 1.05. The van der Waals surface area contributed by atoms with Crippen LogP contribution in [0.3, 0.4) is 0 Å². The minimum Gasteiger partial charge on any atom is -0.396 e. The maximum Gasteiger partial charge on any atom is 0.0501 e. The van der Waals surface area contributed by atoms with Gasteiger partial charge < -0.3 is 14.7 Å². The first-order valence-electron chi connectivity index (χ1n) is 7.10. The third-order valence-electron chi connectivity index (χ3n) is 4.09. The molecule has 1 saturated heterocycles. The van der Waals surface area contributed by atoms with Crippen molar-refractivity contribution >= 4 is 0 Å². The summed E-state index contributed by atoms with van der Waals surface area (Å²) >= 11 is 0. The molecule has 1 rings (SSSR count). The van der Waals surface area contributed by atoms with Gasteiger partial charge in [0, 0.05) is 37.8 Å². The van der Waals surface area contributed by atoms with Crippen LogP contribution in [0, 0.1) is 5.41 Å². The lowest BCUT2D eigenvalue weighted by atomic mass is 9.80. The van der Waals surface area contributed by atoms with E-state index in [9.17, 15) is 5.11 Å². The van der Waals surface area contributed by atoms with Crippen LogP contribution in [0.1, 0.15) is 26.7 Å². The Balaban J connectivity index is 2.59. The van der Waals surface area contributed by atoms with Crippen LogP contribution in [0.4, 0.5) is 0 Å². The Kier molecular flexibility index (Phi) is 6.57. The molecule has 18 heavy (non-hydrogen) atoms.